The van der Waals surface area contributed by atoms with Crippen molar-refractivity contribution in [2.75, 3.05) is 5.75 Å². The lowest BCUT2D eigenvalue weighted by Crippen LogP contribution is -2.21. The van der Waals surface area contributed by atoms with Crippen molar-refractivity contribution in [2.45, 2.75) is 31.8 Å². The lowest BCUT2D eigenvalue weighted by Gasteiger charge is -2.13. The van der Waals surface area contributed by atoms with Crippen molar-refractivity contribution in [1.82, 2.24) is 9.55 Å². The van der Waals surface area contributed by atoms with Crippen LogP contribution in [0.1, 0.15) is 25.3 Å². The fraction of sp³-hybridized carbons (Fsp3) is 0.263. The lowest BCUT2D eigenvalue weighted by molar-refractivity contribution is 0.822. The number of hydrogen-bond acceptors (Lipinski definition) is 4. The van der Waals surface area contributed by atoms with Gasteiger partial charge in [0, 0.05) is 5.75 Å². The molecule has 0 aliphatic carbocycles. The maximum absolute atomic E-state index is 13.1. The van der Waals surface area contributed by atoms with Gasteiger partial charge in [-0.2, -0.15) is 0 Å². The summed E-state index contributed by atoms with van der Waals surface area (Å²) in [6, 6.07) is 15.5. The standard InChI is InChI=1S/C19H20N2OS2/c1-3-4-12-23-24-19-20-17-11-6-5-10-16(17)18(22)21(19)15-9-7-8-14(2)13-15/h5-11,13H,3-4,12H2,1-2H3. The van der Waals surface area contributed by atoms with Gasteiger partial charge in [0.05, 0.1) is 16.6 Å². The van der Waals surface area contributed by atoms with Gasteiger partial charge >= 0.3 is 0 Å². The Morgan fingerprint density at radius 3 is 2.75 bits per heavy atom. The normalized spacial score (nSPS) is 11.1. The van der Waals surface area contributed by atoms with Gasteiger partial charge < -0.3 is 0 Å². The van der Waals surface area contributed by atoms with Crippen LogP contribution >= 0.6 is 21.6 Å². The monoisotopic (exact) mass is 356 g/mol. The molecule has 0 aliphatic heterocycles. The van der Waals surface area contributed by atoms with Crippen LogP contribution in [0.4, 0.5) is 0 Å². The van der Waals surface area contributed by atoms with Gasteiger partial charge in [-0.15, -0.1) is 0 Å². The van der Waals surface area contributed by atoms with Crippen LogP contribution in [-0.4, -0.2) is 15.3 Å². The number of aryl methyl sites for hydroxylation is 1. The first kappa shape index (κ1) is 17.1. The highest BCUT2D eigenvalue weighted by atomic mass is 33.1. The number of aromatic nitrogens is 2. The van der Waals surface area contributed by atoms with Crippen molar-refractivity contribution >= 4 is 32.5 Å². The van der Waals surface area contributed by atoms with Gasteiger partial charge in [0.15, 0.2) is 5.16 Å². The summed E-state index contributed by atoms with van der Waals surface area (Å²) in [6.07, 6.45) is 2.34. The molecule has 1 heterocycles. The highest BCUT2D eigenvalue weighted by Gasteiger charge is 2.13. The van der Waals surface area contributed by atoms with E-state index < -0.39 is 0 Å². The molecule has 3 nitrogen and oxygen atoms in total. The van der Waals surface area contributed by atoms with E-state index in [2.05, 4.69) is 6.92 Å². The largest absolute Gasteiger partial charge is 0.268 e. The van der Waals surface area contributed by atoms with Gasteiger partial charge in [-0.1, -0.05) is 48.4 Å². The predicted octanol–water partition coefficient (Wildman–Crippen LogP) is 5.23. The van der Waals surface area contributed by atoms with E-state index in [0.29, 0.717) is 5.39 Å². The minimum Gasteiger partial charge on any atom is -0.268 e. The number of para-hydroxylation sites is 1. The number of fused-ring (bicyclic) bond motifs is 1. The molecule has 0 spiro atoms. The number of unbranched alkanes of at least 4 members (excludes halogenated alkanes) is 1. The van der Waals surface area contributed by atoms with E-state index in [1.807, 2.05) is 55.5 Å². The Morgan fingerprint density at radius 2 is 1.96 bits per heavy atom. The van der Waals surface area contributed by atoms with E-state index in [4.69, 9.17) is 4.98 Å². The van der Waals surface area contributed by atoms with E-state index in [1.54, 1.807) is 26.2 Å². The summed E-state index contributed by atoms with van der Waals surface area (Å²) in [5, 5.41) is 1.40. The van der Waals surface area contributed by atoms with Crippen LogP contribution in [0, 0.1) is 6.92 Å². The zero-order valence-corrected chi connectivity index (χ0v) is 15.5. The molecule has 0 fully saturated rings. The van der Waals surface area contributed by atoms with Crippen LogP contribution in [0.15, 0.2) is 58.5 Å². The van der Waals surface area contributed by atoms with E-state index in [1.165, 1.54) is 12.8 Å². The van der Waals surface area contributed by atoms with E-state index in [0.717, 1.165) is 27.7 Å². The molecule has 5 heteroatoms. The third kappa shape index (κ3) is 3.68. The lowest BCUT2D eigenvalue weighted by atomic mass is 10.2. The third-order valence-corrected chi connectivity index (χ3v) is 6.02. The predicted molar refractivity (Wildman–Crippen MR) is 105 cm³/mol. The average molecular weight is 357 g/mol. The molecule has 0 aliphatic rings. The first-order valence-corrected chi connectivity index (χ1v) is 10.4. The van der Waals surface area contributed by atoms with Crippen molar-refractivity contribution < 1.29 is 0 Å². The maximum Gasteiger partial charge on any atom is 0.266 e. The molecule has 0 radical (unpaired) electrons. The van der Waals surface area contributed by atoms with Crippen LogP contribution in [-0.2, 0) is 0 Å². The average Bonchev–Trinajstić information content (AvgIpc) is 2.59. The van der Waals surface area contributed by atoms with E-state index in [-0.39, 0.29) is 5.56 Å². The molecule has 0 amide bonds. The zero-order chi connectivity index (χ0) is 16.9. The third-order valence-electron chi connectivity index (χ3n) is 3.72. The van der Waals surface area contributed by atoms with Gasteiger partial charge in [-0.25, -0.2) is 4.98 Å². The van der Waals surface area contributed by atoms with Crippen molar-refractivity contribution in [2.24, 2.45) is 0 Å². The van der Waals surface area contributed by atoms with Crippen molar-refractivity contribution in [3.8, 4) is 5.69 Å². The molecule has 2 aromatic carbocycles. The Morgan fingerprint density at radius 1 is 1.12 bits per heavy atom. The van der Waals surface area contributed by atoms with Gasteiger partial charge in [0.2, 0.25) is 0 Å². The summed E-state index contributed by atoms with van der Waals surface area (Å²) in [6.45, 7) is 4.22. The Kier molecular flexibility index (Phi) is 5.63. The summed E-state index contributed by atoms with van der Waals surface area (Å²) in [5.74, 6) is 1.05. The molecule has 3 rings (SSSR count). The van der Waals surface area contributed by atoms with Crippen molar-refractivity contribution in [3.05, 3.63) is 64.4 Å². The SMILES string of the molecule is CCCCSSc1nc2ccccc2c(=O)n1-c1cccc(C)c1. The van der Waals surface area contributed by atoms with Crippen LogP contribution in [0.2, 0.25) is 0 Å². The zero-order valence-electron chi connectivity index (χ0n) is 13.9. The molecule has 1 aromatic heterocycles. The Bertz CT molecular complexity index is 905. The summed E-state index contributed by atoms with van der Waals surface area (Å²) in [4.78, 5) is 17.8. The number of benzene rings is 2. The summed E-state index contributed by atoms with van der Waals surface area (Å²) < 4.78 is 1.74. The summed E-state index contributed by atoms with van der Waals surface area (Å²) in [5.41, 5.74) is 2.74. The minimum absolute atomic E-state index is 0.00945. The van der Waals surface area contributed by atoms with Crippen LogP contribution < -0.4 is 5.56 Å². The molecule has 124 valence electrons. The van der Waals surface area contributed by atoms with Crippen molar-refractivity contribution in [1.29, 1.82) is 0 Å². The molecular weight excluding hydrogens is 336 g/mol. The van der Waals surface area contributed by atoms with Crippen LogP contribution in [0.25, 0.3) is 16.6 Å². The number of hydrogen-bond donors (Lipinski definition) is 0. The summed E-state index contributed by atoms with van der Waals surface area (Å²) in [7, 11) is 3.34. The Balaban J connectivity index is 2.12. The second-order valence-corrected chi connectivity index (χ2v) is 8.03. The summed E-state index contributed by atoms with van der Waals surface area (Å²) >= 11 is 0. The van der Waals surface area contributed by atoms with E-state index in [9.17, 15) is 4.79 Å². The molecular formula is C19H20N2OS2. The highest BCUT2D eigenvalue weighted by molar-refractivity contribution is 8.76. The highest BCUT2D eigenvalue weighted by Crippen LogP contribution is 2.32. The van der Waals surface area contributed by atoms with Gasteiger partial charge in [-0.3, -0.25) is 9.36 Å². The fourth-order valence-electron chi connectivity index (χ4n) is 2.46. The molecule has 0 N–H and O–H groups in total. The topological polar surface area (TPSA) is 34.9 Å². The fourth-order valence-corrected chi connectivity index (χ4v) is 4.71. The number of rotatable bonds is 6. The molecule has 0 atom stereocenters. The van der Waals surface area contributed by atoms with Gasteiger partial charge in [-0.05, 0) is 54.0 Å². The quantitative estimate of drug-likeness (QED) is 0.344. The first-order valence-electron chi connectivity index (χ1n) is 8.09. The second kappa shape index (κ2) is 7.90. The van der Waals surface area contributed by atoms with E-state index >= 15 is 0 Å². The molecule has 3 aromatic rings. The smallest absolute Gasteiger partial charge is 0.266 e. The van der Waals surface area contributed by atoms with Crippen molar-refractivity contribution in [3.63, 3.8) is 0 Å². The number of nitrogens with zero attached hydrogens (tertiary/aromatic N) is 2. The Labute approximate surface area is 149 Å². The molecule has 24 heavy (non-hydrogen) atoms. The molecule has 0 bridgehead atoms. The first-order chi connectivity index (χ1) is 11.7. The molecule has 0 saturated carbocycles. The van der Waals surface area contributed by atoms with Gasteiger partial charge in [0.25, 0.3) is 5.56 Å². The maximum atomic E-state index is 13.1. The van der Waals surface area contributed by atoms with Gasteiger partial charge in [0.1, 0.15) is 0 Å². The second-order valence-electron chi connectivity index (χ2n) is 5.65. The molecule has 0 unspecified atom stereocenters. The van der Waals surface area contributed by atoms with Crippen LogP contribution in [0.5, 0.6) is 0 Å². The molecule has 0 saturated heterocycles. The minimum atomic E-state index is -0.00945. The Hall–Kier alpha value is -1.72. The van der Waals surface area contributed by atoms with Crippen LogP contribution in [0.3, 0.4) is 0 Å².